The molecule has 1 aromatic heterocycles. The Balaban J connectivity index is 1.40. The van der Waals surface area contributed by atoms with Gasteiger partial charge in [0.05, 0.1) is 18.1 Å². The standard InChI is InChI=1S/C25H31N5O/c1-30-17-8-7-15-22(30)25(31)27-18-23-28-21-14-6-5-13-20(21)24(29-23)26-16-9-12-19-10-3-2-4-11-19/h2-6,10-11,13-14,22H,7-9,12,15-18H2,1H3,(H,27,31)(H,26,28,29). The quantitative estimate of drug-likeness (QED) is 0.546. The molecule has 0 bridgehead atoms. The lowest BCUT2D eigenvalue weighted by molar-refractivity contribution is -0.127. The second-order valence-electron chi connectivity index (χ2n) is 8.23. The summed E-state index contributed by atoms with van der Waals surface area (Å²) in [6.07, 6.45) is 5.21. The van der Waals surface area contributed by atoms with Crippen LogP contribution in [0.1, 0.15) is 37.1 Å². The van der Waals surface area contributed by atoms with Crippen LogP contribution in [0.15, 0.2) is 54.6 Å². The van der Waals surface area contributed by atoms with Crippen molar-refractivity contribution in [3.05, 3.63) is 66.0 Å². The van der Waals surface area contributed by atoms with Gasteiger partial charge in [-0.05, 0) is 57.0 Å². The zero-order valence-corrected chi connectivity index (χ0v) is 18.2. The van der Waals surface area contributed by atoms with Gasteiger partial charge in [0.25, 0.3) is 0 Å². The van der Waals surface area contributed by atoms with Crippen LogP contribution < -0.4 is 10.6 Å². The minimum absolute atomic E-state index is 0.0511. The fourth-order valence-electron chi connectivity index (χ4n) is 4.17. The zero-order chi connectivity index (χ0) is 21.5. The highest BCUT2D eigenvalue weighted by molar-refractivity contribution is 5.89. The van der Waals surface area contributed by atoms with Gasteiger partial charge in [0.1, 0.15) is 5.82 Å². The minimum atomic E-state index is -0.0511. The molecule has 4 rings (SSSR count). The first kappa shape index (κ1) is 21.2. The summed E-state index contributed by atoms with van der Waals surface area (Å²) in [6.45, 7) is 2.14. The van der Waals surface area contributed by atoms with Crippen molar-refractivity contribution in [2.45, 2.75) is 44.7 Å². The topological polar surface area (TPSA) is 70.2 Å². The third kappa shape index (κ3) is 5.58. The van der Waals surface area contributed by atoms with E-state index in [1.54, 1.807) is 0 Å². The number of amides is 1. The number of carbonyl (C=O) groups is 1. The van der Waals surface area contributed by atoms with Crippen LogP contribution in [0.3, 0.4) is 0 Å². The van der Waals surface area contributed by atoms with Crippen LogP contribution in [0.5, 0.6) is 0 Å². The lowest BCUT2D eigenvalue weighted by atomic mass is 10.0. The van der Waals surface area contributed by atoms with E-state index in [1.165, 1.54) is 5.56 Å². The van der Waals surface area contributed by atoms with Gasteiger partial charge in [-0.1, -0.05) is 48.9 Å². The van der Waals surface area contributed by atoms with Gasteiger partial charge in [0.2, 0.25) is 5.91 Å². The van der Waals surface area contributed by atoms with Crippen molar-refractivity contribution < 1.29 is 4.79 Å². The molecule has 1 atom stereocenters. The van der Waals surface area contributed by atoms with Gasteiger partial charge in [-0.15, -0.1) is 0 Å². The molecule has 2 N–H and O–H groups in total. The van der Waals surface area contributed by atoms with E-state index in [4.69, 9.17) is 4.98 Å². The summed E-state index contributed by atoms with van der Waals surface area (Å²) in [4.78, 5) is 24.2. The van der Waals surface area contributed by atoms with Crippen LogP contribution in [-0.4, -0.2) is 47.0 Å². The maximum absolute atomic E-state index is 12.7. The predicted octanol–water partition coefficient (Wildman–Crippen LogP) is 3.78. The van der Waals surface area contributed by atoms with Crippen LogP contribution >= 0.6 is 0 Å². The number of piperidine rings is 1. The van der Waals surface area contributed by atoms with Crippen LogP contribution in [-0.2, 0) is 17.8 Å². The first-order chi connectivity index (χ1) is 15.2. The molecule has 31 heavy (non-hydrogen) atoms. The largest absolute Gasteiger partial charge is 0.369 e. The molecule has 162 valence electrons. The highest BCUT2D eigenvalue weighted by atomic mass is 16.2. The SMILES string of the molecule is CN1CCCCC1C(=O)NCc1nc(NCCCc2ccccc2)c2ccccc2n1. The van der Waals surface area contributed by atoms with Crippen molar-refractivity contribution in [3.63, 3.8) is 0 Å². The van der Waals surface area contributed by atoms with E-state index < -0.39 is 0 Å². The normalized spacial score (nSPS) is 16.9. The average molecular weight is 418 g/mol. The number of fused-ring (bicyclic) bond motifs is 1. The smallest absolute Gasteiger partial charge is 0.237 e. The first-order valence-corrected chi connectivity index (χ1v) is 11.2. The van der Waals surface area contributed by atoms with Gasteiger partial charge in [0.15, 0.2) is 5.82 Å². The van der Waals surface area contributed by atoms with E-state index in [0.717, 1.165) is 61.9 Å². The van der Waals surface area contributed by atoms with Gasteiger partial charge in [-0.2, -0.15) is 0 Å². The number of benzene rings is 2. The number of rotatable bonds is 8. The van der Waals surface area contributed by atoms with Crippen molar-refractivity contribution in [3.8, 4) is 0 Å². The molecular weight excluding hydrogens is 386 g/mol. The number of anilines is 1. The van der Waals surface area contributed by atoms with Crippen molar-refractivity contribution in [2.24, 2.45) is 0 Å². The lowest BCUT2D eigenvalue weighted by Crippen LogP contribution is -2.47. The fourth-order valence-corrected chi connectivity index (χ4v) is 4.17. The maximum atomic E-state index is 12.7. The number of likely N-dealkylation sites (tertiary alicyclic amines) is 1. The monoisotopic (exact) mass is 417 g/mol. The molecular formula is C25H31N5O. The second-order valence-corrected chi connectivity index (χ2v) is 8.23. The van der Waals surface area contributed by atoms with E-state index in [-0.39, 0.29) is 11.9 Å². The van der Waals surface area contributed by atoms with Gasteiger partial charge in [0, 0.05) is 11.9 Å². The van der Waals surface area contributed by atoms with E-state index in [9.17, 15) is 4.79 Å². The Hall–Kier alpha value is -2.99. The Morgan fingerprint density at radius 1 is 1.06 bits per heavy atom. The maximum Gasteiger partial charge on any atom is 0.237 e. The molecule has 0 aliphatic carbocycles. The third-order valence-corrected chi connectivity index (χ3v) is 5.92. The minimum Gasteiger partial charge on any atom is -0.369 e. The molecule has 1 unspecified atom stereocenters. The molecule has 3 aromatic rings. The molecule has 0 radical (unpaired) electrons. The number of para-hydroxylation sites is 1. The zero-order valence-electron chi connectivity index (χ0n) is 18.2. The van der Waals surface area contributed by atoms with Crippen LogP contribution in [0.2, 0.25) is 0 Å². The molecule has 1 aliphatic rings. The highest BCUT2D eigenvalue weighted by Gasteiger charge is 2.25. The first-order valence-electron chi connectivity index (χ1n) is 11.2. The number of hydrogen-bond donors (Lipinski definition) is 2. The molecule has 2 aromatic carbocycles. The molecule has 6 nitrogen and oxygen atoms in total. The number of likely N-dealkylation sites (N-methyl/N-ethyl adjacent to an activating group) is 1. The number of nitrogens with zero attached hydrogens (tertiary/aromatic N) is 3. The lowest BCUT2D eigenvalue weighted by Gasteiger charge is -2.31. The van der Waals surface area contributed by atoms with E-state index in [0.29, 0.717) is 12.4 Å². The second kappa shape index (κ2) is 10.4. The average Bonchev–Trinajstić information content (AvgIpc) is 2.81. The summed E-state index contributed by atoms with van der Waals surface area (Å²) >= 11 is 0. The van der Waals surface area contributed by atoms with Gasteiger partial charge in [-0.25, -0.2) is 9.97 Å². The third-order valence-electron chi connectivity index (χ3n) is 5.92. The molecule has 2 heterocycles. The molecule has 1 fully saturated rings. The van der Waals surface area contributed by atoms with Crippen LogP contribution in [0, 0.1) is 0 Å². The number of nitrogens with one attached hydrogen (secondary N) is 2. The molecule has 0 saturated carbocycles. The molecule has 1 saturated heterocycles. The number of hydrogen-bond acceptors (Lipinski definition) is 5. The Morgan fingerprint density at radius 2 is 1.87 bits per heavy atom. The van der Waals surface area contributed by atoms with Gasteiger partial charge < -0.3 is 10.6 Å². The number of aromatic nitrogens is 2. The Kier molecular flexibility index (Phi) is 7.10. The fraction of sp³-hybridized carbons (Fsp3) is 0.400. The van der Waals surface area contributed by atoms with Crippen molar-refractivity contribution in [1.29, 1.82) is 0 Å². The summed E-state index contributed by atoms with van der Waals surface area (Å²) in [7, 11) is 2.02. The number of aryl methyl sites for hydroxylation is 1. The van der Waals surface area contributed by atoms with Gasteiger partial charge in [-0.3, -0.25) is 9.69 Å². The van der Waals surface area contributed by atoms with Crippen LogP contribution in [0.4, 0.5) is 5.82 Å². The summed E-state index contributed by atoms with van der Waals surface area (Å²) in [5.41, 5.74) is 2.23. The number of carbonyl (C=O) groups excluding carboxylic acids is 1. The summed E-state index contributed by atoms with van der Waals surface area (Å²) < 4.78 is 0. The van der Waals surface area contributed by atoms with E-state index in [1.807, 2.05) is 37.4 Å². The van der Waals surface area contributed by atoms with E-state index in [2.05, 4.69) is 44.8 Å². The summed E-state index contributed by atoms with van der Waals surface area (Å²) in [6, 6.07) is 18.5. The molecule has 0 spiro atoms. The molecule has 1 amide bonds. The highest BCUT2D eigenvalue weighted by Crippen LogP contribution is 2.20. The Morgan fingerprint density at radius 3 is 2.71 bits per heavy atom. The van der Waals surface area contributed by atoms with Crippen molar-refractivity contribution in [1.82, 2.24) is 20.2 Å². The van der Waals surface area contributed by atoms with E-state index >= 15 is 0 Å². The molecule has 6 heteroatoms. The predicted molar refractivity (Wildman–Crippen MR) is 125 cm³/mol. The van der Waals surface area contributed by atoms with Crippen molar-refractivity contribution >= 4 is 22.6 Å². The van der Waals surface area contributed by atoms with Crippen LogP contribution in [0.25, 0.3) is 10.9 Å². The van der Waals surface area contributed by atoms with Crippen molar-refractivity contribution in [2.75, 3.05) is 25.5 Å². The summed E-state index contributed by atoms with van der Waals surface area (Å²) in [5, 5.41) is 7.53. The summed E-state index contributed by atoms with van der Waals surface area (Å²) in [5.74, 6) is 1.53. The Bertz CT molecular complexity index is 1010. The molecule has 1 aliphatic heterocycles. The van der Waals surface area contributed by atoms with Gasteiger partial charge >= 0.3 is 0 Å². The Labute approximate surface area is 184 Å².